The molecule has 0 radical (unpaired) electrons. The zero-order valence-corrected chi connectivity index (χ0v) is 10.4. The molecule has 0 fully saturated rings. The van der Waals surface area contributed by atoms with E-state index in [0.29, 0.717) is 16.3 Å². The van der Waals surface area contributed by atoms with Crippen molar-refractivity contribution in [3.63, 3.8) is 0 Å². The van der Waals surface area contributed by atoms with Crippen molar-refractivity contribution in [2.45, 2.75) is 6.54 Å². The van der Waals surface area contributed by atoms with E-state index in [1.807, 2.05) is 0 Å². The standard InChI is InChI=1S/C12H10ClN3O3/c13-9-4-2-1-3-8(9)11(17)14-6-7-5-10(12(18)19)16-15-7/h1-5H,6H2,(H,14,17)(H,15,16)(H,18,19). The fourth-order valence-electron chi connectivity index (χ4n) is 1.48. The predicted molar refractivity (Wildman–Crippen MR) is 68.2 cm³/mol. The SMILES string of the molecule is O=C(O)c1cc(CNC(=O)c2ccccc2Cl)[nH]n1. The highest BCUT2D eigenvalue weighted by Gasteiger charge is 2.11. The van der Waals surface area contributed by atoms with Crippen LogP contribution < -0.4 is 5.32 Å². The summed E-state index contributed by atoms with van der Waals surface area (Å²) in [4.78, 5) is 22.5. The van der Waals surface area contributed by atoms with E-state index in [4.69, 9.17) is 16.7 Å². The van der Waals surface area contributed by atoms with Gasteiger partial charge in [-0.05, 0) is 18.2 Å². The van der Waals surface area contributed by atoms with Crippen LogP contribution in [0.2, 0.25) is 5.02 Å². The molecule has 0 aliphatic heterocycles. The molecule has 7 heteroatoms. The summed E-state index contributed by atoms with van der Waals surface area (Å²) in [5.74, 6) is -1.46. The summed E-state index contributed by atoms with van der Waals surface area (Å²) in [5.41, 5.74) is 0.766. The van der Waals surface area contributed by atoms with Crippen molar-refractivity contribution in [3.8, 4) is 0 Å². The number of rotatable bonds is 4. The fraction of sp³-hybridized carbons (Fsp3) is 0.0833. The molecule has 0 atom stereocenters. The lowest BCUT2D eigenvalue weighted by molar-refractivity contribution is 0.0690. The predicted octanol–water partition coefficient (Wildman–Crippen LogP) is 1.69. The van der Waals surface area contributed by atoms with Crippen LogP contribution in [0.1, 0.15) is 26.5 Å². The third-order valence-corrected chi connectivity index (χ3v) is 2.74. The summed E-state index contributed by atoms with van der Waals surface area (Å²) in [5, 5.41) is 17.8. The normalized spacial score (nSPS) is 10.2. The van der Waals surface area contributed by atoms with Crippen LogP contribution in [0.3, 0.4) is 0 Å². The molecule has 3 N–H and O–H groups in total. The van der Waals surface area contributed by atoms with Gasteiger partial charge in [-0.2, -0.15) is 5.10 Å². The zero-order chi connectivity index (χ0) is 13.8. The van der Waals surface area contributed by atoms with E-state index in [0.717, 1.165) is 0 Å². The quantitative estimate of drug-likeness (QED) is 0.794. The minimum absolute atomic E-state index is 0.0954. The van der Waals surface area contributed by atoms with Gasteiger partial charge in [-0.25, -0.2) is 4.79 Å². The maximum absolute atomic E-state index is 11.8. The van der Waals surface area contributed by atoms with E-state index < -0.39 is 5.97 Å². The molecule has 2 rings (SSSR count). The van der Waals surface area contributed by atoms with Gasteiger partial charge >= 0.3 is 5.97 Å². The minimum Gasteiger partial charge on any atom is -0.476 e. The third-order valence-electron chi connectivity index (χ3n) is 2.41. The van der Waals surface area contributed by atoms with Gasteiger partial charge in [-0.3, -0.25) is 9.89 Å². The molecule has 6 nitrogen and oxygen atoms in total. The number of hydrogen-bond acceptors (Lipinski definition) is 3. The first kappa shape index (κ1) is 13.1. The second kappa shape index (κ2) is 5.53. The number of carbonyl (C=O) groups is 2. The molecule has 0 saturated heterocycles. The summed E-state index contributed by atoms with van der Waals surface area (Å²) < 4.78 is 0. The topological polar surface area (TPSA) is 95.1 Å². The van der Waals surface area contributed by atoms with Crippen LogP contribution in [-0.4, -0.2) is 27.2 Å². The molecule has 19 heavy (non-hydrogen) atoms. The van der Waals surface area contributed by atoms with Crippen molar-refractivity contribution < 1.29 is 14.7 Å². The average molecular weight is 280 g/mol. The molecule has 0 aliphatic carbocycles. The Labute approximate surface area is 113 Å². The highest BCUT2D eigenvalue weighted by atomic mass is 35.5. The summed E-state index contributed by atoms with van der Waals surface area (Å²) in [6.45, 7) is 0.143. The largest absolute Gasteiger partial charge is 0.476 e. The Morgan fingerprint density at radius 3 is 2.74 bits per heavy atom. The van der Waals surface area contributed by atoms with Gasteiger partial charge in [0, 0.05) is 0 Å². The van der Waals surface area contributed by atoms with Crippen LogP contribution in [-0.2, 0) is 6.54 Å². The van der Waals surface area contributed by atoms with Crippen LogP contribution >= 0.6 is 11.6 Å². The van der Waals surface area contributed by atoms with Gasteiger partial charge in [0.1, 0.15) is 0 Å². The number of carboxylic acids is 1. The Hall–Kier alpha value is -2.34. The number of nitrogens with zero attached hydrogens (tertiary/aromatic N) is 1. The molecular formula is C12H10ClN3O3. The molecule has 0 bridgehead atoms. The molecule has 0 spiro atoms. The average Bonchev–Trinajstić information content (AvgIpc) is 2.85. The lowest BCUT2D eigenvalue weighted by Crippen LogP contribution is -2.23. The summed E-state index contributed by atoms with van der Waals surface area (Å²) >= 11 is 5.89. The third kappa shape index (κ3) is 3.11. The lowest BCUT2D eigenvalue weighted by atomic mass is 10.2. The fourth-order valence-corrected chi connectivity index (χ4v) is 1.70. The first-order chi connectivity index (χ1) is 9.08. The van der Waals surface area contributed by atoms with Gasteiger partial charge in [-0.1, -0.05) is 23.7 Å². The van der Waals surface area contributed by atoms with Gasteiger partial charge in [0.25, 0.3) is 5.91 Å². The first-order valence-corrected chi connectivity index (χ1v) is 5.76. The van der Waals surface area contributed by atoms with Crippen molar-refractivity contribution in [1.82, 2.24) is 15.5 Å². The number of carbonyl (C=O) groups excluding carboxylic acids is 1. The van der Waals surface area contributed by atoms with Crippen molar-refractivity contribution in [2.24, 2.45) is 0 Å². The van der Waals surface area contributed by atoms with E-state index in [1.165, 1.54) is 6.07 Å². The van der Waals surface area contributed by atoms with E-state index in [1.54, 1.807) is 24.3 Å². The van der Waals surface area contributed by atoms with Crippen LogP contribution in [0.15, 0.2) is 30.3 Å². The molecule has 98 valence electrons. The minimum atomic E-state index is -1.13. The number of amides is 1. The van der Waals surface area contributed by atoms with Crippen molar-refractivity contribution >= 4 is 23.5 Å². The molecule has 1 aromatic carbocycles. The highest BCUT2D eigenvalue weighted by molar-refractivity contribution is 6.33. The van der Waals surface area contributed by atoms with Gasteiger partial charge in [-0.15, -0.1) is 0 Å². The number of benzene rings is 1. The lowest BCUT2D eigenvalue weighted by Gasteiger charge is -2.04. The maximum atomic E-state index is 11.8. The molecule has 0 unspecified atom stereocenters. The molecule has 0 aliphatic rings. The highest BCUT2D eigenvalue weighted by Crippen LogP contribution is 2.14. The molecule has 1 aromatic heterocycles. The Bertz CT molecular complexity index is 624. The number of aromatic carboxylic acids is 1. The molecular weight excluding hydrogens is 270 g/mol. The van der Waals surface area contributed by atoms with Crippen LogP contribution in [0.25, 0.3) is 0 Å². The second-order valence-corrected chi connectivity index (χ2v) is 4.15. The van der Waals surface area contributed by atoms with E-state index in [-0.39, 0.29) is 18.1 Å². The first-order valence-electron chi connectivity index (χ1n) is 5.38. The maximum Gasteiger partial charge on any atom is 0.356 e. The smallest absolute Gasteiger partial charge is 0.356 e. The van der Waals surface area contributed by atoms with Crippen LogP contribution in [0, 0.1) is 0 Å². The van der Waals surface area contributed by atoms with Crippen molar-refractivity contribution in [2.75, 3.05) is 0 Å². The van der Waals surface area contributed by atoms with Crippen LogP contribution in [0.4, 0.5) is 0 Å². The Morgan fingerprint density at radius 2 is 2.11 bits per heavy atom. The number of carboxylic acid groups (broad SMARTS) is 1. The zero-order valence-electron chi connectivity index (χ0n) is 9.68. The van der Waals surface area contributed by atoms with Crippen molar-refractivity contribution in [3.05, 3.63) is 52.3 Å². The van der Waals surface area contributed by atoms with E-state index in [2.05, 4.69) is 15.5 Å². The second-order valence-electron chi connectivity index (χ2n) is 3.75. The Balaban J connectivity index is 2.00. The number of nitrogens with one attached hydrogen (secondary N) is 2. The van der Waals surface area contributed by atoms with Gasteiger partial charge < -0.3 is 10.4 Å². The molecule has 2 aromatic rings. The summed E-state index contributed by atoms with van der Waals surface area (Å²) in [6.07, 6.45) is 0. The number of aromatic nitrogens is 2. The summed E-state index contributed by atoms with van der Waals surface area (Å²) in [7, 11) is 0. The van der Waals surface area contributed by atoms with Gasteiger partial charge in [0.05, 0.1) is 22.8 Å². The molecule has 1 amide bonds. The van der Waals surface area contributed by atoms with Gasteiger partial charge in [0.2, 0.25) is 0 Å². The van der Waals surface area contributed by atoms with E-state index in [9.17, 15) is 9.59 Å². The number of halogens is 1. The van der Waals surface area contributed by atoms with Crippen molar-refractivity contribution in [1.29, 1.82) is 0 Å². The Morgan fingerprint density at radius 1 is 1.37 bits per heavy atom. The number of hydrogen-bond donors (Lipinski definition) is 3. The monoisotopic (exact) mass is 279 g/mol. The number of H-pyrrole nitrogens is 1. The molecule has 0 saturated carbocycles. The number of aromatic amines is 1. The Kier molecular flexibility index (Phi) is 3.82. The molecule has 1 heterocycles. The van der Waals surface area contributed by atoms with Crippen LogP contribution in [0.5, 0.6) is 0 Å². The van der Waals surface area contributed by atoms with Gasteiger partial charge in [0.15, 0.2) is 5.69 Å². The van der Waals surface area contributed by atoms with E-state index >= 15 is 0 Å². The summed E-state index contributed by atoms with van der Waals surface area (Å²) in [6, 6.07) is 8.02.